The topological polar surface area (TPSA) is 41.1 Å². The van der Waals surface area contributed by atoms with Crippen molar-refractivity contribution in [1.29, 1.82) is 0 Å². The lowest BCUT2D eigenvalue weighted by atomic mass is 10.1. The van der Waals surface area contributed by atoms with Gasteiger partial charge in [-0.05, 0) is 31.4 Å². The van der Waals surface area contributed by atoms with E-state index in [9.17, 15) is 4.79 Å². The molecule has 1 aliphatic carbocycles. The van der Waals surface area contributed by atoms with Gasteiger partial charge in [0.1, 0.15) is 0 Å². The van der Waals surface area contributed by atoms with Crippen molar-refractivity contribution in [2.75, 3.05) is 13.1 Å². The number of amides is 1. The van der Waals surface area contributed by atoms with Crippen molar-refractivity contribution >= 4 is 21.8 Å². The van der Waals surface area contributed by atoms with Crippen molar-refractivity contribution in [1.82, 2.24) is 10.6 Å². The Bertz CT molecular complexity index is 418. The Morgan fingerprint density at radius 1 is 1.39 bits per heavy atom. The van der Waals surface area contributed by atoms with Crippen molar-refractivity contribution < 1.29 is 4.79 Å². The van der Waals surface area contributed by atoms with Crippen molar-refractivity contribution in [3.63, 3.8) is 0 Å². The minimum absolute atomic E-state index is 0.213. The Labute approximate surface area is 116 Å². The second-order valence-corrected chi connectivity index (χ2v) is 5.62. The van der Waals surface area contributed by atoms with E-state index < -0.39 is 0 Å². The molecule has 98 valence electrons. The van der Waals surface area contributed by atoms with Gasteiger partial charge in [-0.1, -0.05) is 34.1 Å². The second-order valence-electron chi connectivity index (χ2n) is 4.76. The van der Waals surface area contributed by atoms with Gasteiger partial charge in [0.05, 0.1) is 0 Å². The van der Waals surface area contributed by atoms with Crippen LogP contribution in [-0.2, 0) is 4.79 Å². The zero-order valence-electron chi connectivity index (χ0n) is 10.6. The third-order valence-corrected chi connectivity index (χ3v) is 3.92. The van der Waals surface area contributed by atoms with E-state index in [-0.39, 0.29) is 11.9 Å². The average Bonchev–Trinajstić information content (AvgIpc) is 3.19. The number of rotatable bonds is 6. The zero-order valence-corrected chi connectivity index (χ0v) is 12.2. The van der Waals surface area contributed by atoms with Crippen LogP contribution in [0.4, 0.5) is 0 Å². The summed E-state index contributed by atoms with van der Waals surface area (Å²) in [5.41, 5.74) is 1.24. The molecule has 1 aliphatic rings. The molecule has 1 saturated carbocycles. The summed E-state index contributed by atoms with van der Waals surface area (Å²) in [6, 6.07) is 8.47. The molecule has 1 aromatic rings. The summed E-state index contributed by atoms with van der Waals surface area (Å²) in [6.07, 6.45) is 2.12. The van der Waals surface area contributed by atoms with Gasteiger partial charge >= 0.3 is 0 Å². The molecule has 1 atom stereocenters. The van der Waals surface area contributed by atoms with Crippen LogP contribution in [0.25, 0.3) is 0 Å². The van der Waals surface area contributed by atoms with Gasteiger partial charge in [0.15, 0.2) is 0 Å². The van der Waals surface area contributed by atoms with E-state index in [2.05, 4.69) is 39.6 Å². The fourth-order valence-corrected chi connectivity index (χ4v) is 2.53. The first-order valence-electron chi connectivity index (χ1n) is 6.44. The van der Waals surface area contributed by atoms with Gasteiger partial charge in [-0.15, -0.1) is 0 Å². The predicted molar refractivity (Wildman–Crippen MR) is 76.3 cm³/mol. The van der Waals surface area contributed by atoms with Crippen molar-refractivity contribution in [2.24, 2.45) is 5.92 Å². The molecule has 4 heteroatoms. The third-order valence-electron chi connectivity index (χ3n) is 3.19. The van der Waals surface area contributed by atoms with Crippen LogP contribution < -0.4 is 10.6 Å². The maximum atomic E-state index is 11.4. The highest BCUT2D eigenvalue weighted by Crippen LogP contribution is 2.28. The average molecular weight is 311 g/mol. The van der Waals surface area contributed by atoms with Crippen molar-refractivity contribution in [2.45, 2.75) is 25.8 Å². The lowest BCUT2D eigenvalue weighted by molar-refractivity contribution is -0.122. The van der Waals surface area contributed by atoms with Crippen LogP contribution in [0.15, 0.2) is 28.7 Å². The number of hydrogen-bond donors (Lipinski definition) is 2. The third kappa shape index (κ3) is 3.82. The van der Waals surface area contributed by atoms with Crippen LogP contribution >= 0.6 is 15.9 Å². The molecule has 1 fully saturated rings. The molecule has 18 heavy (non-hydrogen) atoms. The van der Waals surface area contributed by atoms with Gasteiger partial charge < -0.3 is 10.6 Å². The molecule has 2 N–H and O–H groups in total. The summed E-state index contributed by atoms with van der Waals surface area (Å²) >= 11 is 3.55. The van der Waals surface area contributed by atoms with Gasteiger partial charge in [-0.2, -0.15) is 0 Å². The van der Waals surface area contributed by atoms with Crippen molar-refractivity contribution in [3.8, 4) is 0 Å². The van der Waals surface area contributed by atoms with Crippen LogP contribution in [0.5, 0.6) is 0 Å². The van der Waals surface area contributed by atoms with Crippen LogP contribution in [0.1, 0.15) is 31.4 Å². The molecule has 2 rings (SSSR count). The minimum Gasteiger partial charge on any atom is -0.355 e. The van der Waals surface area contributed by atoms with E-state index >= 15 is 0 Å². The summed E-state index contributed by atoms with van der Waals surface area (Å²) in [4.78, 5) is 11.4. The molecule has 1 amide bonds. The lowest BCUT2D eigenvalue weighted by Crippen LogP contribution is -2.33. The second kappa shape index (κ2) is 6.34. The fraction of sp³-hybridized carbons (Fsp3) is 0.500. The molecule has 0 radical (unpaired) electrons. The molecule has 3 nitrogen and oxygen atoms in total. The fourth-order valence-electron chi connectivity index (χ4n) is 1.90. The maximum Gasteiger partial charge on any atom is 0.223 e. The molecule has 0 aromatic heterocycles. The summed E-state index contributed by atoms with van der Waals surface area (Å²) in [7, 11) is 0. The molecule has 0 heterocycles. The first-order valence-corrected chi connectivity index (χ1v) is 7.23. The smallest absolute Gasteiger partial charge is 0.223 e. The number of benzene rings is 1. The Kier molecular flexibility index (Phi) is 4.78. The zero-order chi connectivity index (χ0) is 13.0. The number of carbonyl (C=O) groups is 1. The Balaban J connectivity index is 1.69. The van der Waals surface area contributed by atoms with Gasteiger partial charge in [0.25, 0.3) is 0 Å². The molecule has 0 bridgehead atoms. The molecular weight excluding hydrogens is 292 g/mol. The lowest BCUT2D eigenvalue weighted by Gasteiger charge is -2.16. The van der Waals surface area contributed by atoms with Gasteiger partial charge in [0, 0.05) is 29.5 Å². The van der Waals surface area contributed by atoms with E-state index in [4.69, 9.17) is 0 Å². The Morgan fingerprint density at radius 3 is 2.78 bits per heavy atom. The quantitative estimate of drug-likeness (QED) is 0.793. The summed E-state index contributed by atoms with van der Waals surface area (Å²) in [5.74, 6) is 0.510. The van der Waals surface area contributed by atoms with Crippen LogP contribution in [0.3, 0.4) is 0 Å². The SMILES string of the molecule is CC(NCCNC(=O)C1CC1)c1ccccc1Br. The normalized spacial score (nSPS) is 16.3. The summed E-state index contributed by atoms with van der Waals surface area (Å²) in [5, 5.41) is 6.36. The minimum atomic E-state index is 0.213. The van der Waals surface area contributed by atoms with Crippen molar-refractivity contribution in [3.05, 3.63) is 34.3 Å². The molecule has 0 spiro atoms. The van der Waals surface area contributed by atoms with E-state index in [1.165, 1.54) is 5.56 Å². The van der Waals surface area contributed by atoms with Gasteiger partial charge in [0.2, 0.25) is 5.91 Å². The van der Waals surface area contributed by atoms with Crippen LogP contribution in [0, 0.1) is 5.92 Å². The Hall–Kier alpha value is -0.870. The molecule has 1 unspecified atom stereocenters. The Morgan fingerprint density at radius 2 is 2.11 bits per heavy atom. The number of halogens is 1. The monoisotopic (exact) mass is 310 g/mol. The maximum absolute atomic E-state index is 11.4. The standard InChI is InChI=1S/C14H19BrN2O/c1-10(12-4-2-3-5-13(12)15)16-8-9-17-14(18)11-6-7-11/h2-5,10-11,16H,6-9H2,1H3,(H,17,18). The molecule has 1 aromatic carbocycles. The molecule has 0 saturated heterocycles. The van der Waals surface area contributed by atoms with E-state index in [1.54, 1.807) is 0 Å². The summed E-state index contributed by atoms with van der Waals surface area (Å²) < 4.78 is 1.12. The van der Waals surface area contributed by atoms with Crippen LogP contribution in [0.2, 0.25) is 0 Å². The summed E-state index contributed by atoms with van der Waals surface area (Å²) in [6.45, 7) is 3.62. The van der Waals surface area contributed by atoms with E-state index in [0.29, 0.717) is 12.5 Å². The highest BCUT2D eigenvalue weighted by molar-refractivity contribution is 9.10. The molecule has 0 aliphatic heterocycles. The highest BCUT2D eigenvalue weighted by Gasteiger charge is 2.28. The molecular formula is C14H19BrN2O. The number of carbonyl (C=O) groups excluding carboxylic acids is 1. The number of nitrogens with one attached hydrogen (secondary N) is 2. The highest BCUT2D eigenvalue weighted by atomic mass is 79.9. The van der Waals surface area contributed by atoms with E-state index in [0.717, 1.165) is 23.9 Å². The van der Waals surface area contributed by atoms with Gasteiger partial charge in [-0.25, -0.2) is 0 Å². The number of hydrogen-bond acceptors (Lipinski definition) is 2. The van der Waals surface area contributed by atoms with E-state index in [1.807, 2.05) is 18.2 Å². The van der Waals surface area contributed by atoms with Crippen LogP contribution in [-0.4, -0.2) is 19.0 Å². The first-order chi connectivity index (χ1) is 8.68. The largest absolute Gasteiger partial charge is 0.355 e. The first kappa shape index (κ1) is 13.6. The predicted octanol–water partition coefficient (Wildman–Crippen LogP) is 2.63. The van der Waals surface area contributed by atoms with Gasteiger partial charge in [-0.3, -0.25) is 4.79 Å².